The molecule has 2 atom stereocenters. The summed E-state index contributed by atoms with van der Waals surface area (Å²) < 4.78 is 8.99. The van der Waals surface area contributed by atoms with Gasteiger partial charge in [0.2, 0.25) is 5.78 Å². The number of carbonyl (C=O) groups is 3. The molecule has 0 saturated carbocycles. The van der Waals surface area contributed by atoms with Crippen LogP contribution in [0.25, 0.3) is 0 Å². The van der Waals surface area contributed by atoms with E-state index in [4.69, 9.17) is 10.2 Å². The molecule has 0 aromatic carbocycles. The SMILES string of the molecule is CC(=O)C(=O)OCC(CO)OC(=O)C(C)O. The van der Waals surface area contributed by atoms with Crippen molar-refractivity contribution in [1.82, 2.24) is 0 Å². The predicted octanol–water partition coefficient (Wildman–Crippen LogP) is -1.60. The average Bonchev–Trinajstić information content (AvgIpc) is 2.22. The molecule has 0 heterocycles. The Morgan fingerprint density at radius 3 is 2.25 bits per heavy atom. The molecule has 0 aromatic rings. The van der Waals surface area contributed by atoms with Crippen molar-refractivity contribution in [2.75, 3.05) is 13.2 Å². The number of hydrogen-bond acceptors (Lipinski definition) is 7. The van der Waals surface area contributed by atoms with Gasteiger partial charge in [-0.05, 0) is 6.92 Å². The van der Waals surface area contributed by atoms with Gasteiger partial charge >= 0.3 is 11.9 Å². The van der Waals surface area contributed by atoms with Crippen molar-refractivity contribution >= 4 is 17.7 Å². The normalized spacial score (nSPS) is 13.8. The van der Waals surface area contributed by atoms with Gasteiger partial charge in [-0.2, -0.15) is 0 Å². The first-order chi connectivity index (χ1) is 7.38. The lowest BCUT2D eigenvalue weighted by atomic mass is 10.3. The Morgan fingerprint density at radius 2 is 1.88 bits per heavy atom. The van der Waals surface area contributed by atoms with Gasteiger partial charge in [-0.15, -0.1) is 0 Å². The van der Waals surface area contributed by atoms with E-state index >= 15 is 0 Å². The number of rotatable bonds is 6. The van der Waals surface area contributed by atoms with E-state index in [2.05, 4.69) is 9.47 Å². The molecule has 16 heavy (non-hydrogen) atoms. The van der Waals surface area contributed by atoms with Crippen molar-refractivity contribution in [1.29, 1.82) is 0 Å². The summed E-state index contributed by atoms with van der Waals surface area (Å²) in [7, 11) is 0. The lowest BCUT2D eigenvalue weighted by Gasteiger charge is -2.16. The summed E-state index contributed by atoms with van der Waals surface area (Å²) in [6.45, 7) is 1.20. The van der Waals surface area contributed by atoms with E-state index in [9.17, 15) is 14.4 Å². The van der Waals surface area contributed by atoms with E-state index in [0.29, 0.717) is 0 Å². The molecule has 0 aliphatic heterocycles. The Bertz CT molecular complexity index is 271. The summed E-state index contributed by atoms with van der Waals surface area (Å²) in [5.41, 5.74) is 0. The fraction of sp³-hybridized carbons (Fsp3) is 0.667. The highest BCUT2D eigenvalue weighted by Crippen LogP contribution is 1.97. The Balaban J connectivity index is 4.07. The first-order valence-electron chi connectivity index (χ1n) is 4.55. The molecule has 0 rings (SSSR count). The van der Waals surface area contributed by atoms with Gasteiger partial charge in [0.15, 0.2) is 6.10 Å². The first-order valence-corrected chi connectivity index (χ1v) is 4.55. The molecule has 0 saturated heterocycles. The van der Waals surface area contributed by atoms with Crippen LogP contribution in [-0.4, -0.2) is 53.4 Å². The lowest BCUT2D eigenvalue weighted by Crippen LogP contribution is -2.33. The zero-order chi connectivity index (χ0) is 12.7. The standard InChI is InChI=1S/C9H14O7/c1-5(11)8(13)15-4-7(3-10)16-9(14)6(2)12/h6-7,10,12H,3-4H2,1-2H3. The topological polar surface area (TPSA) is 110 Å². The number of ether oxygens (including phenoxy) is 2. The monoisotopic (exact) mass is 234 g/mol. The second-order valence-electron chi connectivity index (χ2n) is 3.07. The minimum Gasteiger partial charge on any atom is -0.456 e. The molecule has 0 bridgehead atoms. The number of esters is 2. The molecular weight excluding hydrogens is 220 g/mol. The molecule has 7 heteroatoms. The maximum absolute atomic E-state index is 10.9. The fourth-order valence-electron chi connectivity index (χ4n) is 0.657. The number of Topliss-reactive ketones (excluding diaryl/α,β-unsaturated/α-hetero) is 1. The molecule has 0 spiro atoms. The highest BCUT2D eigenvalue weighted by molar-refractivity contribution is 6.32. The molecule has 7 nitrogen and oxygen atoms in total. The van der Waals surface area contributed by atoms with Crippen LogP contribution in [-0.2, 0) is 23.9 Å². The van der Waals surface area contributed by atoms with Crippen molar-refractivity contribution in [3.63, 3.8) is 0 Å². The van der Waals surface area contributed by atoms with Crippen LogP contribution in [0.4, 0.5) is 0 Å². The molecule has 0 amide bonds. The van der Waals surface area contributed by atoms with Crippen LogP contribution >= 0.6 is 0 Å². The number of aliphatic hydroxyl groups excluding tert-OH is 2. The van der Waals surface area contributed by atoms with Crippen LogP contribution in [0.2, 0.25) is 0 Å². The van der Waals surface area contributed by atoms with Gasteiger partial charge in [-0.1, -0.05) is 0 Å². The van der Waals surface area contributed by atoms with Gasteiger partial charge in [0.25, 0.3) is 0 Å². The first kappa shape index (κ1) is 14.5. The number of carbonyl (C=O) groups excluding carboxylic acids is 3. The Morgan fingerprint density at radius 1 is 1.31 bits per heavy atom. The Labute approximate surface area is 92.0 Å². The molecular formula is C9H14O7. The molecule has 0 aromatic heterocycles. The molecule has 0 fully saturated rings. The van der Waals surface area contributed by atoms with Crippen LogP contribution in [0.15, 0.2) is 0 Å². The van der Waals surface area contributed by atoms with E-state index in [1.54, 1.807) is 0 Å². The van der Waals surface area contributed by atoms with Crippen molar-refractivity contribution < 1.29 is 34.1 Å². The second kappa shape index (κ2) is 6.91. The molecule has 2 N–H and O–H groups in total. The summed E-state index contributed by atoms with van der Waals surface area (Å²) >= 11 is 0. The zero-order valence-electron chi connectivity index (χ0n) is 9.00. The average molecular weight is 234 g/mol. The summed E-state index contributed by atoms with van der Waals surface area (Å²) in [6.07, 6.45) is -2.43. The Kier molecular flexibility index (Phi) is 6.28. The minimum atomic E-state index is -1.34. The van der Waals surface area contributed by atoms with E-state index in [1.807, 2.05) is 0 Å². The van der Waals surface area contributed by atoms with Crippen LogP contribution in [0.3, 0.4) is 0 Å². The summed E-state index contributed by atoms with van der Waals surface area (Å²) in [5, 5.41) is 17.6. The Hall–Kier alpha value is -1.47. The second-order valence-corrected chi connectivity index (χ2v) is 3.07. The summed E-state index contributed by atoms with van der Waals surface area (Å²) in [6, 6.07) is 0. The molecule has 0 aliphatic rings. The molecule has 2 unspecified atom stereocenters. The van der Waals surface area contributed by atoms with Crippen molar-refractivity contribution in [2.45, 2.75) is 26.1 Å². The molecule has 0 aliphatic carbocycles. The van der Waals surface area contributed by atoms with Gasteiger partial charge in [0.05, 0.1) is 6.61 Å². The quantitative estimate of drug-likeness (QED) is 0.420. The van der Waals surface area contributed by atoms with Crippen molar-refractivity contribution in [3.05, 3.63) is 0 Å². The predicted molar refractivity (Wildman–Crippen MR) is 50.3 cm³/mol. The number of aliphatic hydroxyl groups is 2. The zero-order valence-corrected chi connectivity index (χ0v) is 9.00. The van der Waals surface area contributed by atoms with Crippen LogP contribution in [0.5, 0.6) is 0 Å². The maximum atomic E-state index is 10.9. The van der Waals surface area contributed by atoms with Crippen molar-refractivity contribution in [2.24, 2.45) is 0 Å². The van der Waals surface area contributed by atoms with Gasteiger partial charge in [-0.3, -0.25) is 4.79 Å². The molecule has 92 valence electrons. The minimum absolute atomic E-state index is 0.437. The lowest BCUT2D eigenvalue weighted by molar-refractivity contribution is -0.168. The number of ketones is 1. The van der Waals surface area contributed by atoms with Crippen LogP contribution in [0, 0.1) is 0 Å². The third kappa shape index (κ3) is 5.42. The van der Waals surface area contributed by atoms with E-state index in [0.717, 1.165) is 6.92 Å². The van der Waals surface area contributed by atoms with Gasteiger partial charge in [0.1, 0.15) is 12.7 Å². The van der Waals surface area contributed by atoms with Crippen LogP contribution in [0.1, 0.15) is 13.8 Å². The summed E-state index contributed by atoms with van der Waals surface area (Å²) in [4.78, 5) is 32.1. The van der Waals surface area contributed by atoms with Crippen LogP contribution < -0.4 is 0 Å². The van der Waals surface area contributed by atoms with Gasteiger partial charge < -0.3 is 19.7 Å². The number of hydrogen-bond donors (Lipinski definition) is 2. The van der Waals surface area contributed by atoms with E-state index in [-0.39, 0.29) is 0 Å². The molecule has 0 radical (unpaired) electrons. The van der Waals surface area contributed by atoms with Gasteiger partial charge in [0, 0.05) is 6.92 Å². The summed E-state index contributed by atoms with van der Waals surface area (Å²) in [5.74, 6) is -2.82. The van der Waals surface area contributed by atoms with Crippen molar-refractivity contribution in [3.8, 4) is 0 Å². The largest absolute Gasteiger partial charge is 0.456 e. The highest BCUT2D eigenvalue weighted by Gasteiger charge is 2.20. The third-order valence-corrected chi connectivity index (χ3v) is 1.52. The smallest absolute Gasteiger partial charge is 0.374 e. The van der Waals surface area contributed by atoms with Gasteiger partial charge in [-0.25, -0.2) is 9.59 Å². The highest BCUT2D eigenvalue weighted by atomic mass is 16.6. The third-order valence-electron chi connectivity index (χ3n) is 1.52. The maximum Gasteiger partial charge on any atom is 0.374 e. The fourth-order valence-corrected chi connectivity index (χ4v) is 0.657. The van der Waals surface area contributed by atoms with E-state index < -0.39 is 43.1 Å². The van der Waals surface area contributed by atoms with E-state index in [1.165, 1.54) is 6.92 Å².